The quantitative estimate of drug-likeness (QED) is 0.568. The van der Waals surface area contributed by atoms with Gasteiger partial charge >= 0.3 is 5.97 Å². The number of hydrogen-bond acceptors (Lipinski definition) is 4. The van der Waals surface area contributed by atoms with E-state index >= 15 is 0 Å². The largest absolute Gasteiger partial charge is 0.421 e. The molecular formula is C22H16ClNO4S. The molecule has 1 aliphatic rings. The Morgan fingerprint density at radius 2 is 1.55 bits per heavy atom. The van der Waals surface area contributed by atoms with E-state index in [1.165, 1.54) is 16.6 Å². The third-order valence-electron chi connectivity index (χ3n) is 4.48. The van der Waals surface area contributed by atoms with E-state index in [1.54, 1.807) is 42.5 Å². The number of carbonyl (C=O) groups excluding carboxylic acids is 1. The van der Waals surface area contributed by atoms with Gasteiger partial charge in [0.2, 0.25) is 0 Å². The molecule has 7 heteroatoms. The molecule has 0 aliphatic carbocycles. The standard InChI is InChI=1S/C22H16ClNO4S/c23-19-12-6-4-10-17(19)22(25)28-20-15-24(14-16-8-2-1-3-9-16)29(26,27)21-13-7-5-11-18(20)21/h1-13,15H,14H2. The van der Waals surface area contributed by atoms with E-state index in [9.17, 15) is 13.2 Å². The van der Waals surface area contributed by atoms with Crippen LogP contribution in [0.3, 0.4) is 0 Å². The van der Waals surface area contributed by atoms with Gasteiger partial charge in [-0.05, 0) is 29.8 Å². The average molecular weight is 426 g/mol. The fourth-order valence-corrected chi connectivity index (χ4v) is 4.76. The first-order chi connectivity index (χ1) is 14.0. The molecule has 1 heterocycles. The predicted molar refractivity (Wildman–Crippen MR) is 110 cm³/mol. The molecule has 0 atom stereocenters. The summed E-state index contributed by atoms with van der Waals surface area (Å²) in [5.41, 5.74) is 1.34. The topological polar surface area (TPSA) is 63.7 Å². The van der Waals surface area contributed by atoms with Gasteiger partial charge in [0.15, 0.2) is 5.76 Å². The van der Waals surface area contributed by atoms with Gasteiger partial charge in [0, 0.05) is 5.56 Å². The Bertz CT molecular complexity index is 1210. The molecule has 4 rings (SSSR count). The number of hydrogen-bond donors (Lipinski definition) is 0. The Morgan fingerprint density at radius 3 is 2.31 bits per heavy atom. The van der Waals surface area contributed by atoms with Crippen molar-refractivity contribution in [3.63, 3.8) is 0 Å². The van der Waals surface area contributed by atoms with Crippen LogP contribution in [0.1, 0.15) is 21.5 Å². The minimum atomic E-state index is -3.78. The van der Waals surface area contributed by atoms with Gasteiger partial charge in [-0.3, -0.25) is 4.31 Å². The number of rotatable bonds is 4. The first-order valence-electron chi connectivity index (χ1n) is 8.80. The summed E-state index contributed by atoms with van der Waals surface area (Å²) in [5, 5.41) is 0.260. The van der Waals surface area contributed by atoms with Crippen LogP contribution in [0.15, 0.2) is 90.0 Å². The Hall–Kier alpha value is -3.09. The fourth-order valence-electron chi connectivity index (χ4n) is 3.05. The molecule has 0 saturated carbocycles. The van der Waals surface area contributed by atoms with Crippen molar-refractivity contribution < 1.29 is 17.9 Å². The molecule has 0 fully saturated rings. The number of ether oxygens (including phenoxy) is 1. The Kier molecular flexibility index (Phi) is 5.13. The normalized spacial score (nSPS) is 14.7. The van der Waals surface area contributed by atoms with Crippen molar-refractivity contribution in [1.82, 2.24) is 4.31 Å². The third-order valence-corrected chi connectivity index (χ3v) is 6.57. The van der Waals surface area contributed by atoms with E-state index < -0.39 is 16.0 Å². The molecule has 0 bridgehead atoms. The maximum atomic E-state index is 13.1. The van der Waals surface area contributed by atoms with E-state index in [-0.39, 0.29) is 27.8 Å². The number of halogens is 1. The van der Waals surface area contributed by atoms with Crippen molar-refractivity contribution >= 4 is 33.4 Å². The van der Waals surface area contributed by atoms with Crippen molar-refractivity contribution in [1.29, 1.82) is 0 Å². The zero-order valence-electron chi connectivity index (χ0n) is 15.2. The molecule has 3 aromatic rings. The van der Waals surface area contributed by atoms with Gasteiger partial charge in [-0.2, -0.15) is 0 Å². The zero-order chi connectivity index (χ0) is 20.4. The van der Waals surface area contributed by atoms with Crippen LogP contribution in [0.25, 0.3) is 5.76 Å². The van der Waals surface area contributed by atoms with Crippen LogP contribution in [-0.2, 0) is 21.3 Å². The van der Waals surface area contributed by atoms with Crippen LogP contribution >= 0.6 is 11.6 Å². The van der Waals surface area contributed by atoms with Crippen LogP contribution in [-0.4, -0.2) is 18.7 Å². The van der Waals surface area contributed by atoms with Gasteiger partial charge in [0.25, 0.3) is 10.0 Å². The number of carbonyl (C=O) groups is 1. The van der Waals surface area contributed by atoms with Crippen molar-refractivity contribution in [3.05, 3.63) is 107 Å². The first-order valence-corrected chi connectivity index (χ1v) is 10.6. The Labute approximate surface area is 173 Å². The molecule has 0 amide bonds. The van der Waals surface area contributed by atoms with E-state index in [1.807, 2.05) is 30.3 Å². The van der Waals surface area contributed by atoms with Gasteiger partial charge in [0.05, 0.1) is 28.2 Å². The highest BCUT2D eigenvalue weighted by Crippen LogP contribution is 2.34. The molecule has 0 saturated heterocycles. The summed E-state index contributed by atoms with van der Waals surface area (Å²) >= 11 is 6.09. The van der Waals surface area contributed by atoms with E-state index in [2.05, 4.69) is 0 Å². The number of esters is 1. The molecule has 0 aromatic heterocycles. The maximum absolute atomic E-state index is 13.1. The lowest BCUT2D eigenvalue weighted by Gasteiger charge is -2.28. The van der Waals surface area contributed by atoms with E-state index in [0.717, 1.165) is 5.56 Å². The summed E-state index contributed by atoms with van der Waals surface area (Å²) in [7, 11) is -3.78. The predicted octanol–water partition coefficient (Wildman–Crippen LogP) is 4.70. The summed E-state index contributed by atoms with van der Waals surface area (Å²) < 4.78 is 32.9. The number of fused-ring (bicyclic) bond motifs is 1. The molecule has 0 N–H and O–H groups in total. The van der Waals surface area contributed by atoms with Gasteiger partial charge in [-0.1, -0.05) is 66.2 Å². The number of benzene rings is 3. The highest BCUT2D eigenvalue weighted by molar-refractivity contribution is 7.89. The summed E-state index contributed by atoms with van der Waals surface area (Å²) in [6.07, 6.45) is 1.35. The fraction of sp³-hybridized carbons (Fsp3) is 0.0455. The molecule has 5 nitrogen and oxygen atoms in total. The lowest BCUT2D eigenvalue weighted by Crippen LogP contribution is -2.30. The SMILES string of the molecule is O=C(OC1=CN(Cc2ccccc2)S(=O)(=O)c2ccccc21)c1ccccc1Cl. The summed E-state index contributed by atoms with van der Waals surface area (Å²) in [6.45, 7) is 0.116. The summed E-state index contributed by atoms with van der Waals surface area (Å²) in [5.74, 6) is -0.508. The lowest BCUT2D eigenvalue weighted by atomic mass is 10.1. The van der Waals surface area contributed by atoms with E-state index in [0.29, 0.717) is 5.56 Å². The molecular weight excluding hydrogens is 410 g/mol. The second-order valence-electron chi connectivity index (χ2n) is 6.39. The van der Waals surface area contributed by atoms with E-state index in [4.69, 9.17) is 16.3 Å². The maximum Gasteiger partial charge on any atom is 0.345 e. The Balaban J connectivity index is 1.74. The van der Waals surface area contributed by atoms with Crippen molar-refractivity contribution in [3.8, 4) is 0 Å². The molecule has 0 radical (unpaired) electrons. The second-order valence-corrected chi connectivity index (χ2v) is 8.66. The molecule has 1 aliphatic heterocycles. The highest BCUT2D eigenvalue weighted by atomic mass is 35.5. The van der Waals surface area contributed by atoms with Crippen molar-refractivity contribution in [2.45, 2.75) is 11.4 Å². The van der Waals surface area contributed by atoms with Crippen LogP contribution in [0.4, 0.5) is 0 Å². The Morgan fingerprint density at radius 1 is 0.897 bits per heavy atom. The summed E-state index contributed by atoms with van der Waals surface area (Å²) in [4.78, 5) is 12.7. The number of sulfonamides is 1. The summed E-state index contributed by atoms with van der Waals surface area (Å²) in [6, 6.07) is 22.2. The van der Waals surface area contributed by atoms with Crippen molar-refractivity contribution in [2.24, 2.45) is 0 Å². The zero-order valence-corrected chi connectivity index (χ0v) is 16.7. The van der Waals surface area contributed by atoms with Crippen LogP contribution in [0.5, 0.6) is 0 Å². The van der Waals surface area contributed by atoms with Crippen molar-refractivity contribution in [2.75, 3.05) is 0 Å². The second kappa shape index (κ2) is 7.73. The van der Waals surface area contributed by atoms with Gasteiger partial charge in [0.1, 0.15) is 0 Å². The minimum absolute atomic E-state index is 0.0837. The molecule has 0 spiro atoms. The molecule has 29 heavy (non-hydrogen) atoms. The van der Waals surface area contributed by atoms with Gasteiger partial charge < -0.3 is 4.74 Å². The third kappa shape index (κ3) is 3.77. The monoisotopic (exact) mass is 425 g/mol. The minimum Gasteiger partial charge on any atom is -0.421 e. The van der Waals surface area contributed by atoms with Crippen LogP contribution in [0.2, 0.25) is 5.02 Å². The smallest absolute Gasteiger partial charge is 0.345 e. The van der Waals surface area contributed by atoms with Gasteiger partial charge in [-0.15, -0.1) is 0 Å². The first kappa shape index (κ1) is 19.2. The van der Waals surface area contributed by atoms with Crippen LogP contribution < -0.4 is 0 Å². The lowest BCUT2D eigenvalue weighted by molar-refractivity contribution is 0.0689. The molecule has 146 valence electrons. The van der Waals surface area contributed by atoms with Gasteiger partial charge in [-0.25, -0.2) is 13.2 Å². The molecule has 3 aromatic carbocycles. The highest BCUT2D eigenvalue weighted by Gasteiger charge is 2.33. The van der Waals surface area contributed by atoms with Crippen LogP contribution in [0, 0.1) is 0 Å². The average Bonchev–Trinajstić information content (AvgIpc) is 2.73. The molecule has 0 unspecified atom stereocenters. The number of nitrogens with zero attached hydrogens (tertiary/aromatic N) is 1.